The maximum absolute atomic E-state index is 12.7. The van der Waals surface area contributed by atoms with Gasteiger partial charge in [0.25, 0.3) is 0 Å². The molecular formula is C21H19N3O5. The fourth-order valence-corrected chi connectivity index (χ4v) is 3.55. The highest BCUT2D eigenvalue weighted by Crippen LogP contribution is 2.25. The summed E-state index contributed by atoms with van der Waals surface area (Å²) in [5, 5.41) is 0. The van der Waals surface area contributed by atoms with Gasteiger partial charge in [0.15, 0.2) is 0 Å². The zero-order chi connectivity index (χ0) is 20.5. The van der Waals surface area contributed by atoms with Crippen LogP contribution in [0.5, 0.6) is 5.75 Å². The Morgan fingerprint density at radius 1 is 0.966 bits per heavy atom. The minimum Gasteiger partial charge on any atom is -0.497 e. The van der Waals surface area contributed by atoms with Crippen molar-refractivity contribution in [1.29, 1.82) is 0 Å². The minimum atomic E-state index is -1.00. The molecule has 1 saturated heterocycles. The van der Waals surface area contributed by atoms with Gasteiger partial charge in [-0.3, -0.25) is 14.4 Å². The molecule has 0 saturated carbocycles. The van der Waals surface area contributed by atoms with E-state index in [1.54, 1.807) is 17.0 Å². The molecule has 1 fully saturated rings. The fraction of sp³-hybridized carbons (Fsp3) is 0.238. The summed E-state index contributed by atoms with van der Waals surface area (Å²) in [6.45, 7) is 0.460. The Morgan fingerprint density at radius 2 is 1.66 bits per heavy atom. The highest BCUT2D eigenvalue weighted by Gasteiger charge is 2.46. The van der Waals surface area contributed by atoms with Crippen LogP contribution in [0.1, 0.15) is 11.1 Å². The summed E-state index contributed by atoms with van der Waals surface area (Å²) >= 11 is 0. The number of carbonyl (C=O) groups is 4. The molecule has 0 spiro atoms. The molecule has 2 aliphatic heterocycles. The van der Waals surface area contributed by atoms with Crippen LogP contribution in [0, 0.1) is 0 Å². The summed E-state index contributed by atoms with van der Waals surface area (Å²) in [5.74, 6) is -1.80. The van der Waals surface area contributed by atoms with Crippen LogP contribution in [0.15, 0.2) is 48.5 Å². The van der Waals surface area contributed by atoms with E-state index in [9.17, 15) is 19.2 Å². The lowest BCUT2D eigenvalue weighted by atomic mass is 10.00. The van der Waals surface area contributed by atoms with Gasteiger partial charge in [0.1, 0.15) is 12.3 Å². The highest BCUT2D eigenvalue weighted by atomic mass is 16.5. The maximum Gasteiger partial charge on any atom is 0.339 e. The quantitative estimate of drug-likeness (QED) is 0.581. The zero-order valence-electron chi connectivity index (χ0n) is 15.8. The number of imide groups is 2. The van der Waals surface area contributed by atoms with Gasteiger partial charge < -0.3 is 9.64 Å². The number of anilines is 1. The Bertz CT molecular complexity index is 1000. The van der Waals surface area contributed by atoms with E-state index in [4.69, 9.17) is 4.74 Å². The molecular weight excluding hydrogens is 374 g/mol. The normalized spacial score (nSPS) is 16.3. The lowest BCUT2D eigenvalue weighted by Crippen LogP contribution is -2.45. The first kappa shape index (κ1) is 18.7. The Balaban J connectivity index is 1.49. The van der Waals surface area contributed by atoms with Gasteiger partial charge in [-0.15, -0.1) is 0 Å². The predicted molar refractivity (Wildman–Crippen MR) is 103 cm³/mol. The third kappa shape index (κ3) is 3.33. The van der Waals surface area contributed by atoms with Gasteiger partial charge in [-0.05, 0) is 41.8 Å². The molecule has 0 radical (unpaired) electrons. The van der Waals surface area contributed by atoms with Gasteiger partial charge in [-0.2, -0.15) is 0 Å². The monoisotopic (exact) mass is 393 g/mol. The molecule has 0 bridgehead atoms. The Labute approximate surface area is 167 Å². The molecule has 148 valence electrons. The van der Waals surface area contributed by atoms with Gasteiger partial charge in [0.2, 0.25) is 5.91 Å². The fourth-order valence-electron chi connectivity index (χ4n) is 3.55. The van der Waals surface area contributed by atoms with Crippen molar-refractivity contribution in [2.75, 3.05) is 25.1 Å². The van der Waals surface area contributed by atoms with Gasteiger partial charge in [0.05, 0.1) is 12.8 Å². The smallest absolute Gasteiger partial charge is 0.339 e. The van der Waals surface area contributed by atoms with Gasteiger partial charge in [0, 0.05) is 13.1 Å². The van der Waals surface area contributed by atoms with Crippen LogP contribution in [0.4, 0.5) is 10.5 Å². The lowest BCUT2D eigenvalue weighted by Gasteiger charge is -2.29. The van der Waals surface area contributed by atoms with Crippen molar-refractivity contribution in [3.63, 3.8) is 0 Å². The molecule has 8 nitrogen and oxygen atoms in total. The summed E-state index contributed by atoms with van der Waals surface area (Å²) in [7, 11) is 1.50. The molecule has 4 rings (SSSR count). The van der Waals surface area contributed by atoms with Crippen LogP contribution in [0.3, 0.4) is 0 Å². The number of hydrogen-bond acceptors (Lipinski definition) is 5. The van der Waals surface area contributed by atoms with Crippen LogP contribution in [-0.2, 0) is 27.3 Å². The van der Waals surface area contributed by atoms with E-state index in [1.807, 2.05) is 24.3 Å². The van der Waals surface area contributed by atoms with E-state index in [1.165, 1.54) is 24.8 Å². The molecule has 2 aliphatic rings. The summed E-state index contributed by atoms with van der Waals surface area (Å²) in [5.41, 5.74) is 2.48. The molecule has 0 aromatic heterocycles. The van der Waals surface area contributed by atoms with Gasteiger partial charge >= 0.3 is 17.8 Å². The molecule has 8 heteroatoms. The summed E-state index contributed by atoms with van der Waals surface area (Å²) in [6.07, 6.45) is 0.709. The van der Waals surface area contributed by atoms with Gasteiger partial charge in [-0.1, -0.05) is 24.3 Å². The average Bonchev–Trinajstić information content (AvgIpc) is 2.96. The molecule has 29 heavy (non-hydrogen) atoms. The number of hydrogen-bond donors (Lipinski definition) is 0. The Hall–Kier alpha value is -3.68. The summed E-state index contributed by atoms with van der Waals surface area (Å²) in [6, 6.07) is 13.2. The number of urea groups is 1. The standard InChI is InChI=1S/C21H19N3O5/c1-29-17-8-6-16(7-9-17)24-20(27)19(26)23(21(24)28)13-18(25)22-11-10-14-4-2-3-5-15(14)12-22/h2-9H,10-13H2,1H3. The van der Waals surface area contributed by atoms with E-state index in [2.05, 4.69) is 0 Å². The SMILES string of the molecule is COc1ccc(N2C(=O)C(=O)N(CC(=O)N3CCc4ccccc4C3)C2=O)cc1. The second-order valence-corrected chi connectivity index (χ2v) is 6.85. The number of nitrogens with zero attached hydrogens (tertiary/aromatic N) is 3. The number of carbonyl (C=O) groups excluding carboxylic acids is 4. The first-order valence-electron chi connectivity index (χ1n) is 9.18. The van der Waals surface area contributed by atoms with E-state index in [0.717, 1.165) is 10.5 Å². The first-order valence-corrected chi connectivity index (χ1v) is 9.18. The van der Waals surface area contributed by atoms with Crippen molar-refractivity contribution in [2.45, 2.75) is 13.0 Å². The van der Waals surface area contributed by atoms with E-state index in [-0.39, 0.29) is 11.6 Å². The molecule has 0 unspecified atom stereocenters. The number of benzene rings is 2. The van der Waals surface area contributed by atoms with Crippen LogP contribution in [0.2, 0.25) is 0 Å². The molecule has 5 amide bonds. The molecule has 2 heterocycles. The van der Waals surface area contributed by atoms with E-state index < -0.39 is 24.4 Å². The van der Waals surface area contributed by atoms with Crippen molar-refractivity contribution >= 4 is 29.4 Å². The van der Waals surface area contributed by atoms with Crippen LogP contribution < -0.4 is 9.64 Å². The first-order chi connectivity index (χ1) is 14.0. The van der Waals surface area contributed by atoms with Crippen LogP contribution in [-0.4, -0.2) is 53.8 Å². The summed E-state index contributed by atoms with van der Waals surface area (Å²) < 4.78 is 5.06. The number of methoxy groups -OCH3 is 1. The van der Waals surface area contributed by atoms with Crippen molar-refractivity contribution in [1.82, 2.24) is 9.80 Å². The molecule has 0 N–H and O–H groups in total. The van der Waals surface area contributed by atoms with E-state index in [0.29, 0.717) is 30.2 Å². The number of rotatable bonds is 4. The Kier molecular flexibility index (Phi) is 4.75. The second kappa shape index (κ2) is 7.38. The topological polar surface area (TPSA) is 87.2 Å². The number of ether oxygens (including phenoxy) is 1. The van der Waals surface area contributed by atoms with Crippen molar-refractivity contribution in [2.24, 2.45) is 0 Å². The van der Waals surface area contributed by atoms with Crippen LogP contribution in [0.25, 0.3) is 0 Å². The second-order valence-electron chi connectivity index (χ2n) is 6.85. The number of fused-ring (bicyclic) bond motifs is 1. The number of amides is 5. The predicted octanol–water partition coefficient (Wildman–Crippen LogP) is 1.58. The Morgan fingerprint density at radius 3 is 2.34 bits per heavy atom. The summed E-state index contributed by atoms with van der Waals surface area (Å²) in [4.78, 5) is 53.2. The van der Waals surface area contributed by atoms with E-state index >= 15 is 0 Å². The third-order valence-electron chi connectivity index (χ3n) is 5.16. The van der Waals surface area contributed by atoms with Crippen molar-refractivity contribution in [3.8, 4) is 5.75 Å². The highest BCUT2D eigenvalue weighted by molar-refractivity contribution is 6.53. The average molecular weight is 393 g/mol. The molecule has 0 atom stereocenters. The largest absolute Gasteiger partial charge is 0.497 e. The third-order valence-corrected chi connectivity index (χ3v) is 5.16. The van der Waals surface area contributed by atoms with Crippen molar-refractivity contribution in [3.05, 3.63) is 59.7 Å². The zero-order valence-corrected chi connectivity index (χ0v) is 15.8. The molecule has 2 aromatic carbocycles. The minimum absolute atomic E-state index is 0.246. The van der Waals surface area contributed by atoms with Gasteiger partial charge in [-0.25, -0.2) is 14.6 Å². The van der Waals surface area contributed by atoms with Crippen LogP contribution >= 0.6 is 0 Å². The van der Waals surface area contributed by atoms with Crippen molar-refractivity contribution < 1.29 is 23.9 Å². The molecule has 0 aliphatic carbocycles. The lowest BCUT2D eigenvalue weighted by molar-refractivity contribution is -0.142. The maximum atomic E-state index is 12.7. The molecule has 2 aromatic rings.